The predicted octanol–water partition coefficient (Wildman–Crippen LogP) is 2.32. The minimum Gasteiger partial charge on any atom is -0.497 e. The van der Waals surface area contributed by atoms with Gasteiger partial charge in [0, 0.05) is 50.7 Å². The zero-order valence-electron chi connectivity index (χ0n) is 15.8. The first-order valence-electron chi connectivity index (χ1n) is 8.50. The van der Waals surface area contributed by atoms with E-state index in [1.165, 1.54) is 0 Å². The Morgan fingerprint density at radius 2 is 1.81 bits per heavy atom. The summed E-state index contributed by atoms with van der Waals surface area (Å²) >= 11 is 0. The molecule has 1 heterocycles. The lowest BCUT2D eigenvalue weighted by atomic mass is 10.1. The van der Waals surface area contributed by atoms with Gasteiger partial charge in [-0.3, -0.25) is 9.69 Å². The lowest BCUT2D eigenvalue weighted by Gasteiger charge is -2.35. The van der Waals surface area contributed by atoms with Gasteiger partial charge >= 0.3 is 0 Å². The average Bonchev–Trinajstić information content (AvgIpc) is 2.60. The third-order valence-electron chi connectivity index (χ3n) is 4.42. The van der Waals surface area contributed by atoms with Gasteiger partial charge in [-0.1, -0.05) is 0 Å². The Balaban J connectivity index is 0.00000312. The first-order valence-corrected chi connectivity index (χ1v) is 8.50. The van der Waals surface area contributed by atoms with E-state index in [1.807, 2.05) is 30.0 Å². The van der Waals surface area contributed by atoms with Crippen LogP contribution in [-0.2, 0) is 11.3 Å². The molecule has 0 bridgehead atoms. The maximum atomic E-state index is 12.2. The van der Waals surface area contributed by atoms with Gasteiger partial charge in [0.1, 0.15) is 11.5 Å². The highest BCUT2D eigenvalue weighted by atomic mass is 35.5. The molecule has 1 saturated heterocycles. The standard InChI is InChI=1S/C18H29N3O3.2ClH/c1-14(19)4-7-18(22)21-10-8-20(9-11-21)13-15-12-16(23-2)5-6-17(15)24-3;;/h5-6,12,14H,4,7-11,13,19H2,1-3H3;2*1H. The van der Waals surface area contributed by atoms with Crippen molar-refractivity contribution >= 4 is 30.7 Å². The van der Waals surface area contributed by atoms with Gasteiger partial charge < -0.3 is 20.1 Å². The van der Waals surface area contributed by atoms with Crippen LogP contribution in [0.25, 0.3) is 0 Å². The first-order chi connectivity index (χ1) is 11.5. The average molecular weight is 408 g/mol. The van der Waals surface area contributed by atoms with E-state index in [2.05, 4.69) is 4.90 Å². The van der Waals surface area contributed by atoms with E-state index in [1.54, 1.807) is 14.2 Å². The van der Waals surface area contributed by atoms with Crippen molar-refractivity contribution in [3.05, 3.63) is 23.8 Å². The van der Waals surface area contributed by atoms with Gasteiger partial charge in [0.25, 0.3) is 0 Å². The number of hydrogen-bond acceptors (Lipinski definition) is 5. The van der Waals surface area contributed by atoms with Gasteiger partial charge in [0.2, 0.25) is 5.91 Å². The molecule has 2 N–H and O–H groups in total. The Morgan fingerprint density at radius 1 is 1.15 bits per heavy atom. The molecule has 0 aliphatic carbocycles. The molecule has 1 aliphatic rings. The van der Waals surface area contributed by atoms with Crippen molar-refractivity contribution in [2.45, 2.75) is 32.4 Å². The fraction of sp³-hybridized carbons (Fsp3) is 0.611. The highest BCUT2D eigenvalue weighted by Gasteiger charge is 2.22. The van der Waals surface area contributed by atoms with Crippen LogP contribution in [0.5, 0.6) is 11.5 Å². The van der Waals surface area contributed by atoms with E-state index in [9.17, 15) is 4.79 Å². The van der Waals surface area contributed by atoms with Gasteiger partial charge in [-0.25, -0.2) is 0 Å². The zero-order valence-corrected chi connectivity index (χ0v) is 17.4. The van der Waals surface area contributed by atoms with Gasteiger partial charge in [0.05, 0.1) is 14.2 Å². The maximum absolute atomic E-state index is 12.2. The number of methoxy groups -OCH3 is 2. The first kappa shape index (κ1) is 24.8. The second kappa shape index (κ2) is 12.2. The molecule has 6 nitrogen and oxygen atoms in total. The molecule has 1 amide bonds. The third-order valence-corrected chi connectivity index (χ3v) is 4.42. The number of rotatable bonds is 7. The second-order valence-electron chi connectivity index (χ2n) is 6.35. The number of benzene rings is 1. The van der Waals surface area contributed by atoms with E-state index in [-0.39, 0.29) is 36.8 Å². The molecule has 8 heteroatoms. The molecule has 0 aromatic heterocycles. The van der Waals surface area contributed by atoms with Crippen molar-refractivity contribution < 1.29 is 14.3 Å². The summed E-state index contributed by atoms with van der Waals surface area (Å²) in [5, 5.41) is 0. The van der Waals surface area contributed by atoms with Crippen LogP contribution in [0.4, 0.5) is 0 Å². The highest BCUT2D eigenvalue weighted by molar-refractivity contribution is 5.85. The third kappa shape index (κ3) is 7.19. The van der Waals surface area contributed by atoms with Crippen LogP contribution < -0.4 is 15.2 Å². The molecule has 1 aromatic rings. The Bertz CT molecular complexity index is 550. The van der Waals surface area contributed by atoms with Gasteiger partial charge in [-0.15, -0.1) is 24.8 Å². The Morgan fingerprint density at radius 3 is 2.35 bits per heavy atom. The maximum Gasteiger partial charge on any atom is 0.222 e. The van der Waals surface area contributed by atoms with Gasteiger partial charge in [-0.2, -0.15) is 0 Å². The second-order valence-corrected chi connectivity index (χ2v) is 6.35. The molecular formula is C18H31Cl2N3O3. The Labute approximate surface area is 168 Å². The van der Waals surface area contributed by atoms with Crippen molar-refractivity contribution in [3.63, 3.8) is 0 Å². The van der Waals surface area contributed by atoms with Crippen LogP contribution in [0, 0.1) is 0 Å². The number of carbonyl (C=O) groups is 1. The highest BCUT2D eigenvalue weighted by Crippen LogP contribution is 2.25. The molecule has 150 valence electrons. The van der Waals surface area contributed by atoms with Gasteiger partial charge in [-0.05, 0) is 31.5 Å². The minimum atomic E-state index is 0. The molecular weight excluding hydrogens is 377 g/mol. The van der Waals surface area contributed by atoms with Gasteiger partial charge in [0.15, 0.2) is 0 Å². The van der Waals surface area contributed by atoms with Crippen LogP contribution in [-0.4, -0.2) is 62.1 Å². The zero-order chi connectivity index (χ0) is 17.5. The van der Waals surface area contributed by atoms with Crippen LogP contribution in [0.2, 0.25) is 0 Å². The number of amides is 1. The molecule has 0 radical (unpaired) electrons. The molecule has 1 fully saturated rings. The largest absolute Gasteiger partial charge is 0.497 e. The number of nitrogens with zero attached hydrogens (tertiary/aromatic N) is 2. The van der Waals surface area contributed by atoms with Crippen molar-refractivity contribution in [1.29, 1.82) is 0 Å². The van der Waals surface area contributed by atoms with Crippen LogP contribution >= 0.6 is 24.8 Å². The lowest BCUT2D eigenvalue weighted by molar-refractivity contribution is -0.133. The van der Waals surface area contributed by atoms with Crippen molar-refractivity contribution in [2.24, 2.45) is 5.73 Å². The van der Waals surface area contributed by atoms with E-state index in [0.29, 0.717) is 6.42 Å². The van der Waals surface area contributed by atoms with Crippen molar-refractivity contribution in [1.82, 2.24) is 9.80 Å². The summed E-state index contributed by atoms with van der Waals surface area (Å²) in [7, 11) is 3.35. The van der Waals surface area contributed by atoms with Crippen molar-refractivity contribution in [2.75, 3.05) is 40.4 Å². The molecule has 0 saturated carbocycles. The molecule has 1 aromatic carbocycles. The summed E-state index contributed by atoms with van der Waals surface area (Å²) in [5.74, 6) is 1.91. The number of halogens is 2. The monoisotopic (exact) mass is 407 g/mol. The predicted molar refractivity (Wildman–Crippen MR) is 109 cm³/mol. The van der Waals surface area contributed by atoms with E-state index >= 15 is 0 Å². The number of nitrogens with two attached hydrogens (primary N) is 1. The number of piperazine rings is 1. The molecule has 26 heavy (non-hydrogen) atoms. The fourth-order valence-electron chi connectivity index (χ4n) is 2.91. The smallest absolute Gasteiger partial charge is 0.222 e. The minimum absolute atomic E-state index is 0. The van der Waals surface area contributed by atoms with Crippen LogP contribution in [0.15, 0.2) is 18.2 Å². The van der Waals surface area contributed by atoms with Crippen LogP contribution in [0.1, 0.15) is 25.3 Å². The summed E-state index contributed by atoms with van der Waals surface area (Å²) in [4.78, 5) is 16.5. The summed E-state index contributed by atoms with van der Waals surface area (Å²) in [6.07, 6.45) is 1.29. The van der Waals surface area contributed by atoms with E-state index < -0.39 is 0 Å². The van der Waals surface area contributed by atoms with E-state index in [4.69, 9.17) is 15.2 Å². The summed E-state index contributed by atoms with van der Waals surface area (Å²) < 4.78 is 10.7. The molecule has 1 unspecified atom stereocenters. The fourth-order valence-corrected chi connectivity index (χ4v) is 2.91. The Hall–Kier alpha value is -1.21. The molecule has 1 aliphatic heterocycles. The van der Waals surface area contributed by atoms with E-state index in [0.717, 1.165) is 56.2 Å². The lowest BCUT2D eigenvalue weighted by Crippen LogP contribution is -2.48. The molecule has 1 atom stereocenters. The summed E-state index contributed by atoms with van der Waals surface area (Å²) in [6, 6.07) is 5.92. The Kier molecular flexibility index (Phi) is 11.7. The van der Waals surface area contributed by atoms with Crippen LogP contribution in [0.3, 0.4) is 0 Å². The number of hydrogen-bond donors (Lipinski definition) is 1. The quantitative estimate of drug-likeness (QED) is 0.750. The summed E-state index contributed by atoms with van der Waals surface area (Å²) in [5.41, 5.74) is 6.83. The summed E-state index contributed by atoms with van der Waals surface area (Å²) in [6.45, 7) is 6.00. The molecule has 0 spiro atoms. The van der Waals surface area contributed by atoms with Crippen molar-refractivity contribution in [3.8, 4) is 11.5 Å². The number of carbonyl (C=O) groups excluding carboxylic acids is 1. The number of ether oxygens (including phenoxy) is 2. The molecule has 2 rings (SSSR count). The topological polar surface area (TPSA) is 68.0 Å². The SMILES string of the molecule is COc1ccc(OC)c(CN2CCN(C(=O)CCC(C)N)CC2)c1.Cl.Cl. The normalized spacial score (nSPS) is 15.5.